The average molecular weight is 416 g/mol. The van der Waals surface area contributed by atoms with Crippen LogP contribution in [0, 0.1) is 10.7 Å². The molecule has 152 valence electrons. The smallest absolute Gasteiger partial charge is 0.292 e. The molecule has 1 aromatic heterocycles. The summed E-state index contributed by atoms with van der Waals surface area (Å²) in [5, 5.41) is 4.36. The molecule has 0 spiro atoms. The maximum absolute atomic E-state index is 14.0. The molecule has 1 saturated heterocycles. The van der Waals surface area contributed by atoms with Gasteiger partial charge in [0, 0.05) is 24.3 Å². The number of hydrogen-bond donors (Lipinski definition) is 1. The van der Waals surface area contributed by atoms with Crippen LogP contribution in [0.2, 0.25) is 0 Å². The molecule has 0 bridgehead atoms. The number of benzene rings is 2. The molecule has 29 heavy (non-hydrogen) atoms. The van der Waals surface area contributed by atoms with Gasteiger partial charge < -0.3 is 19.0 Å². The van der Waals surface area contributed by atoms with Gasteiger partial charge in [0.25, 0.3) is 4.84 Å². The summed E-state index contributed by atoms with van der Waals surface area (Å²) >= 11 is 5.27. The Hall–Kier alpha value is -2.55. The van der Waals surface area contributed by atoms with E-state index in [0.29, 0.717) is 12.2 Å². The van der Waals surface area contributed by atoms with E-state index in [2.05, 4.69) is 41.3 Å². The van der Waals surface area contributed by atoms with Crippen molar-refractivity contribution in [3.05, 3.63) is 64.7 Å². The van der Waals surface area contributed by atoms with E-state index in [9.17, 15) is 4.39 Å². The Kier molecular flexibility index (Phi) is 6.03. The number of nitrogens with one attached hydrogen (secondary N) is 1. The number of ether oxygens (including phenoxy) is 1. The normalized spacial score (nSPS) is 15.4. The fourth-order valence-corrected chi connectivity index (χ4v) is 3.64. The van der Waals surface area contributed by atoms with Crippen LogP contribution in [-0.4, -0.2) is 43.1 Å². The molecular weight excluding hydrogens is 391 g/mol. The largest absolute Gasteiger partial charge is 0.409 e. The number of aromatic nitrogens is 2. The Balaban J connectivity index is 1.40. The van der Waals surface area contributed by atoms with Gasteiger partial charge in [0.2, 0.25) is 5.89 Å². The Morgan fingerprint density at radius 3 is 2.55 bits per heavy atom. The average Bonchev–Trinajstić information content (AvgIpc) is 3.09. The first kappa shape index (κ1) is 19.8. The Morgan fingerprint density at radius 2 is 1.83 bits per heavy atom. The van der Waals surface area contributed by atoms with Gasteiger partial charge in [-0.05, 0) is 36.5 Å². The Morgan fingerprint density at radius 1 is 1.10 bits per heavy atom. The van der Waals surface area contributed by atoms with Crippen LogP contribution in [-0.2, 0) is 18.0 Å². The van der Waals surface area contributed by atoms with Gasteiger partial charge in [-0.3, -0.25) is 0 Å². The first-order valence-corrected chi connectivity index (χ1v) is 10.1. The van der Waals surface area contributed by atoms with Crippen LogP contribution in [0.25, 0.3) is 11.5 Å². The fourth-order valence-electron chi connectivity index (χ4n) is 3.46. The highest BCUT2D eigenvalue weighted by Crippen LogP contribution is 2.20. The summed E-state index contributed by atoms with van der Waals surface area (Å²) in [6.45, 7) is 4.76. The van der Waals surface area contributed by atoms with Gasteiger partial charge in [0.05, 0.1) is 25.8 Å². The molecule has 1 fully saturated rings. The summed E-state index contributed by atoms with van der Waals surface area (Å²) in [5.41, 5.74) is 2.76. The molecule has 0 saturated carbocycles. The van der Waals surface area contributed by atoms with Crippen molar-refractivity contribution >= 4 is 17.9 Å². The molecule has 4 rings (SSSR count). The summed E-state index contributed by atoms with van der Waals surface area (Å²) in [5.74, 6) is -0.173. The second-order valence-corrected chi connectivity index (χ2v) is 7.56. The molecule has 1 atom stereocenters. The van der Waals surface area contributed by atoms with Crippen molar-refractivity contribution < 1.29 is 18.4 Å². The van der Waals surface area contributed by atoms with Crippen molar-refractivity contribution in [3.63, 3.8) is 0 Å². The molecule has 1 unspecified atom stereocenters. The van der Waals surface area contributed by atoms with Crippen LogP contribution in [0.5, 0.6) is 0 Å². The lowest BCUT2D eigenvalue weighted by Gasteiger charge is -2.29. The zero-order valence-corrected chi connectivity index (χ0v) is 17.1. The van der Waals surface area contributed by atoms with Crippen LogP contribution >= 0.6 is 12.2 Å². The molecule has 0 aliphatic carbocycles. The SMILES string of the molecule is C[NH+](Cc1ccc(N2CCOCC2)cc1)Cn1nc(-c2ccccc2F)oc1=S. The second kappa shape index (κ2) is 8.86. The standard InChI is InChI=1S/C21H23FN4O2S/c1-24(14-16-6-8-17(9-7-16)25-10-12-27-13-11-25)15-26-21(29)28-20(23-26)18-4-2-3-5-19(18)22/h2-9H,10-15H2,1H3/p+1. The third kappa shape index (κ3) is 4.72. The third-order valence-corrected chi connectivity index (χ3v) is 5.24. The van der Waals surface area contributed by atoms with E-state index in [0.717, 1.165) is 32.8 Å². The second-order valence-electron chi connectivity index (χ2n) is 7.21. The van der Waals surface area contributed by atoms with E-state index >= 15 is 0 Å². The van der Waals surface area contributed by atoms with E-state index in [-0.39, 0.29) is 16.5 Å². The number of halogens is 1. The summed E-state index contributed by atoms with van der Waals surface area (Å²) < 4.78 is 26.5. The zero-order valence-electron chi connectivity index (χ0n) is 16.3. The van der Waals surface area contributed by atoms with Crippen LogP contribution < -0.4 is 9.80 Å². The molecule has 1 aliphatic heterocycles. The summed E-state index contributed by atoms with van der Waals surface area (Å²) in [4.78, 5) is 3.77. The van der Waals surface area contributed by atoms with Crippen molar-refractivity contribution in [2.24, 2.45) is 0 Å². The van der Waals surface area contributed by atoms with Crippen molar-refractivity contribution in [2.75, 3.05) is 38.3 Å². The fraction of sp³-hybridized carbons (Fsp3) is 0.333. The molecule has 2 heterocycles. The summed E-state index contributed by atoms with van der Waals surface area (Å²) in [6, 6.07) is 15.0. The van der Waals surface area contributed by atoms with E-state index in [4.69, 9.17) is 21.4 Å². The van der Waals surface area contributed by atoms with Gasteiger partial charge in [-0.25, -0.2) is 4.39 Å². The summed E-state index contributed by atoms with van der Waals surface area (Å²) in [6.07, 6.45) is 0. The first-order chi connectivity index (χ1) is 14.1. The number of rotatable bonds is 6. The lowest BCUT2D eigenvalue weighted by Crippen LogP contribution is -3.07. The van der Waals surface area contributed by atoms with E-state index in [1.165, 1.54) is 22.2 Å². The van der Waals surface area contributed by atoms with Crippen LogP contribution in [0.3, 0.4) is 0 Å². The van der Waals surface area contributed by atoms with E-state index < -0.39 is 0 Å². The molecular formula is C21H24FN4O2S+. The summed E-state index contributed by atoms with van der Waals surface area (Å²) in [7, 11) is 2.06. The van der Waals surface area contributed by atoms with Crippen molar-refractivity contribution in [1.82, 2.24) is 9.78 Å². The third-order valence-electron chi connectivity index (χ3n) is 4.95. The van der Waals surface area contributed by atoms with Gasteiger partial charge in [0.1, 0.15) is 12.4 Å². The molecule has 2 aromatic carbocycles. The Labute approximate surface area is 174 Å². The maximum atomic E-state index is 14.0. The molecule has 0 radical (unpaired) electrons. The van der Waals surface area contributed by atoms with Crippen molar-refractivity contribution in [2.45, 2.75) is 13.2 Å². The van der Waals surface area contributed by atoms with Gasteiger partial charge in [0.15, 0.2) is 6.67 Å². The lowest BCUT2D eigenvalue weighted by molar-refractivity contribution is -0.917. The van der Waals surface area contributed by atoms with E-state index in [1.807, 2.05) is 0 Å². The van der Waals surface area contributed by atoms with Gasteiger partial charge in [-0.1, -0.05) is 24.3 Å². The highest BCUT2D eigenvalue weighted by atomic mass is 32.1. The van der Waals surface area contributed by atoms with Gasteiger partial charge in [-0.2, -0.15) is 4.68 Å². The highest BCUT2D eigenvalue weighted by molar-refractivity contribution is 7.71. The molecule has 3 aromatic rings. The Bertz CT molecular complexity index is 1010. The number of hydrogen-bond acceptors (Lipinski definition) is 5. The number of anilines is 1. The van der Waals surface area contributed by atoms with Crippen LogP contribution in [0.1, 0.15) is 5.56 Å². The van der Waals surface area contributed by atoms with Gasteiger partial charge in [-0.15, -0.1) is 5.10 Å². The molecule has 1 aliphatic rings. The van der Waals surface area contributed by atoms with Crippen LogP contribution in [0.4, 0.5) is 10.1 Å². The number of morpholine rings is 1. The highest BCUT2D eigenvalue weighted by Gasteiger charge is 2.15. The van der Waals surface area contributed by atoms with E-state index in [1.54, 1.807) is 22.9 Å². The minimum atomic E-state index is -0.378. The first-order valence-electron chi connectivity index (χ1n) is 9.66. The van der Waals surface area contributed by atoms with Crippen molar-refractivity contribution in [3.8, 4) is 11.5 Å². The minimum absolute atomic E-state index is 0.204. The minimum Gasteiger partial charge on any atom is -0.409 e. The van der Waals surface area contributed by atoms with Crippen molar-refractivity contribution in [1.29, 1.82) is 0 Å². The number of nitrogens with zero attached hydrogens (tertiary/aromatic N) is 3. The van der Waals surface area contributed by atoms with Crippen LogP contribution in [0.15, 0.2) is 52.9 Å². The maximum Gasteiger partial charge on any atom is 0.292 e. The molecule has 0 amide bonds. The monoisotopic (exact) mass is 415 g/mol. The lowest BCUT2D eigenvalue weighted by atomic mass is 10.2. The number of quaternary nitrogens is 1. The quantitative estimate of drug-likeness (QED) is 0.627. The molecule has 6 nitrogen and oxygen atoms in total. The zero-order chi connectivity index (χ0) is 20.2. The molecule has 1 N–H and O–H groups in total. The van der Waals surface area contributed by atoms with Gasteiger partial charge >= 0.3 is 0 Å². The topological polar surface area (TPSA) is 47.9 Å². The predicted octanol–water partition coefficient (Wildman–Crippen LogP) is 2.52. The molecule has 8 heteroatoms. The predicted molar refractivity (Wildman–Crippen MR) is 111 cm³/mol.